The van der Waals surface area contributed by atoms with E-state index < -0.39 is 8.07 Å². The number of nitrogens with zero attached hydrogens (tertiary/aromatic N) is 6. The summed E-state index contributed by atoms with van der Waals surface area (Å²) in [5.74, 6) is 0.522. The van der Waals surface area contributed by atoms with Crippen LogP contribution in [0.2, 0.25) is 30.7 Å². The standard InChI is InChI=1S/C26H27ClN6O2SSi/c1-17-21(20-10-5-6-11-33(20)30-17)26-29-23(19-9-7-8-18(14-34)22(19)27)24(36-26)25-28-15-32(31-25)16-35-12-13-37(2,3)4/h5-11,14-15H,12-13,16H2,1-4H3. The second-order valence-electron chi connectivity index (χ2n) is 9.97. The van der Waals surface area contributed by atoms with Crippen molar-refractivity contribution < 1.29 is 9.53 Å². The quantitative estimate of drug-likeness (QED) is 0.119. The first-order valence-electron chi connectivity index (χ1n) is 11.9. The molecule has 1 aromatic carbocycles. The Labute approximate surface area is 224 Å². The highest BCUT2D eigenvalue weighted by atomic mass is 35.5. The third-order valence-electron chi connectivity index (χ3n) is 5.93. The number of aromatic nitrogens is 6. The summed E-state index contributed by atoms with van der Waals surface area (Å²) < 4.78 is 9.38. The van der Waals surface area contributed by atoms with E-state index >= 15 is 0 Å². The van der Waals surface area contributed by atoms with Crippen LogP contribution < -0.4 is 0 Å². The van der Waals surface area contributed by atoms with Gasteiger partial charge in [-0.1, -0.05) is 55.5 Å². The van der Waals surface area contributed by atoms with Gasteiger partial charge in [0.25, 0.3) is 0 Å². The fourth-order valence-corrected chi connectivity index (χ4v) is 6.10. The molecular weight excluding hydrogens is 524 g/mol. The highest BCUT2D eigenvalue weighted by Gasteiger charge is 2.24. The van der Waals surface area contributed by atoms with Crippen molar-refractivity contribution in [2.45, 2.75) is 39.3 Å². The van der Waals surface area contributed by atoms with Gasteiger partial charge in [-0.15, -0.1) is 16.4 Å². The molecule has 0 atom stereocenters. The number of pyridine rings is 1. The van der Waals surface area contributed by atoms with Gasteiger partial charge in [0.1, 0.15) is 22.9 Å². The topological polar surface area (TPSA) is 87.2 Å². The van der Waals surface area contributed by atoms with Gasteiger partial charge in [-0.2, -0.15) is 5.10 Å². The molecule has 0 radical (unpaired) electrons. The number of aldehydes is 1. The number of benzene rings is 1. The fraction of sp³-hybridized carbons (Fsp3) is 0.269. The van der Waals surface area contributed by atoms with Crippen LogP contribution in [0.1, 0.15) is 16.1 Å². The zero-order valence-electron chi connectivity index (χ0n) is 21.1. The highest BCUT2D eigenvalue weighted by molar-refractivity contribution is 7.19. The molecule has 0 N–H and O–H groups in total. The molecule has 4 heterocycles. The van der Waals surface area contributed by atoms with E-state index in [4.69, 9.17) is 21.3 Å². The molecule has 5 rings (SSSR count). The third kappa shape index (κ3) is 5.28. The van der Waals surface area contributed by atoms with Crippen molar-refractivity contribution in [3.8, 4) is 32.5 Å². The Kier molecular flexibility index (Phi) is 7.08. The Balaban J connectivity index is 1.57. The van der Waals surface area contributed by atoms with E-state index in [9.17, 15) is 4.79 Å². The third-order valence-corrected chi connectivity index (χ3v) is 9.12. The monoisotopic (exact) mass is 550 g/mol. The number of carbonyl (C=O) groups excluding carboxylic acids is 1. The molecule has 0 amide bonds. The van der Waals surface area contributed by atoms with E-state index in [2.05, 4.69) is 34.8 Å². The Morgan fingerprint density at radius 2 is 1.97 bits per heavy atom. The molecule has 8 nitrogen and oxygen atoms in total. The van der Waals surface area contributed by atoms with Crippen molar-refractivity contribution in [3.63, 3.8) is 0 Å². The van der Waals surface area contributed by atoms with Gasteiger partial charge in [0.2, 0.25) is 0 Å². The number of aryl methyl sites for hydroxylation is 1. The minimum atomic E-state index is -1.17. The van der Waals surface area contributed by atoms with Gasteiger partial charge in [-0.05, 0) is 25.1 Å². The summed E-state index contributed by atoms with van der Waals surface area (Å²) in [6.45, 7) is 9.96. The van der Waals surface area contributed by atoms with Crippen molar-refractivity contribution in [1.82, 2.24) is 29.4 Å². The van der Waals surface area contributed by atoms with Crippen molar-refractivity contribution in [2.75, 3.05) is 6.61 Å². The van der Waals surface area contributed by atoms with Crippen LogP contribution in [0.25, 0.3) is 38.0 Å². The number of carbonyl (C=O) groups is 1. The zero-order valence-corrected chi connectivity index (χ0v) is 23.7. The molecule has 5 aromatic rings. The highest BCUT2D eigenvalue weighted by Crippen LogP contribution is 2.43. The van der Waals surface area contributed by atoms with E-state index in [1.54, 1.807) is 23.1 Å². The van der Waals surface area contributed by atoms with Crippen molar-refractivity contribution in [2.24, 2.45) is 0 Å². The molecule has 0 saturated heterocycles. The summed E-state index contributed by atoms with van der Waals surface area (Å²) in [7, 11) is -1.17. The number of fused-ring (bicyclic) bond motifs is 1. The van der Waals surface area contributed by atoms with E-state index in [1.165, 1.54) is 11.3 Å². The van der Waals surface area contributed by atoms with E-state index in [0.717, 1.165) is 39.0 Å². The molecule has 11 heteroatoms. The lowest BCUT2D eigenvalue weighted by molar-refractivity contribution is 0.0785. The van der Waals surface area contributed by atoms with Crippen LogP contribution in [0.4, 0.5) is 0 Å². The number of halogens is 1. The molecule has 0 bridgehead atoms. The SMILES string of the molecule is Cc1nn2ccccc2c1-c1nc(-c2cccc(C=O)c2Cl)c(-c2ncn(COCC[Si](C)(C)C)n2)s1. The van der Waals surface area contributed by atoms with Crippen LogP contribution >= 0.6 is 22.9 Å². The van der Waals surface area contributed by atoms with Crippen LogP contribution in [0, 0.1) is 6.92 Å². The molecule has 4 aromatic heterocycles. The van der Waals surface area contributed by atoms with Crippen molar-refractivity contribution >= 4 is 42.8 Å². The smallest absolute Gasteiger partial charge is 0.193 e. The predicted molar refractivity (Wildman–Crippen MR) is 150 cm³/mol. The summed E-state index contributed by atoms with van der Waals surface area (Å²) in [5.41, 5.74) is 4.44. The summed E-state index contributed by atoms with van der Waals surface area (Å²) in [5, 5.41) is 10.5. The summed E-state index contributed by atoms with van der Waals surface area (Å²) >= 11 is 8.12. The van der Waals surface area contributed by atoms with Crippen LogP contribution in [0.5, 0.6) is 0 Å². The maximum atomic E-state index is 11.6. The van der Waals surface area contributed by atoms with Crippen LogP contribution in [-0.4, -0.2) is 50.3 Å². The fourth-order valence-electron chi connectivity index (χ4n) is 3.96. The van der Waals surface area contributed by atoms with Gasteiger partial charge in [-0.25, -0.2) is 19.2 Å². The Hall–Kier alpha value is -3.18. The minimum absolute atomic E-state index is 0.326. The second-order valence-corrected chi connectivity index (χ2v) is 17.0. The summed E-state index contributed by atoms with van der Waals surface area (Å²) in [4.78, 5) is 21.9. The molecule has 190 valence electrons. The number of hydrogen-bond acceptors (Lipinski definition) is 7. The maximum absolute atomic E-state index is 11.6. The molecule has 0 fully saturated rings. The average molecular weight is 551 g/mol. The average Bonchev–Trinajstić information content (AvgIpc) is 3.57. The predicted octanol–water partition coefficient (Wildman–Crippen LogP) is 6.47. The number of rotatable bonds is 9. The normalized spacial score (nSPS) is 11.9. The van der Waals surface area contributed by atoms with Gasteiger partial charge in [0.05, 0.1) is 27.5 Å². The first-order valence-corrected chi connectivity index (χ1v) is 16.8. The molecular formula is C26H27ClN6O2SSi. The summed E-state index contributed by atoms with van der Waals surface area (Å²) in [6, 6.07) is 12.4. The second kappa shape index (κ2) is 10.3. The number of hydrogen-bond donors (Lipinski definition) is 0. The lowest BCUT2D eigenvalue weighted by atomic mass is 10.1. The van der Waals surface area contributed by atoms with Gasteiger partial charge < -0.3 is 4.74 Å². The first kappa shape index (κ1) is 25.5. The van der Waals surface area contributed by atoms with Gasteiger partial charge >= 0.3 is 0 Å². The molecule has 0 aliphatic carbocycles. The van der Waals surface area contributed by atoms with Crippen molar-refractivity contribution in [3.05, 3.63) is 65.2 Å². The summed E-state index contributed by atoms with van der Waals surface area (Å²) in [6.07, 6.45) is 4.33. The zero-order chi connectivity index (χ0) is 26.2. The lowest BCUT2D eigenvalue weighted by Crippen LogP contribution is -2.22. The number of ether oxygens (including phenoxy) is 1. The van der Waals surface area contributed by atoms with Crippen LogP contribution in [0.3, 0.4) is 0 Å². The molecule has 0 aliphatic heterocycles. The molecule has 0 saturated carbocycles. The van der Waals surface area contributed by atoms with Gasteiger partial charge in [0.15, 0.2) is 12.1 Å². The molecule has 0 spiro atoms. The molecule has 0 unspecified atom stereocenters. The minimum Gasteiger partial charge on any atom is -0.359 e. The molecule has 37 heavy (non-hydrogen) atoms. The van der Waals surface area contributed by atoms with E-state index in [1.807, 2.05) is 41.9 Å². The van der Waals surface area contributed by atoms with Gasteiger partial charge in [-0.3, -0.25) is 4.79 Å². The van der Waals surface area contributed by atoms with Crippen LogP contribution in [-0.2, 0) is 11.5 Å². The number of thiazole rings is 1. The van der Waals surface area contributed by atoms with E-state index in [-0.39, 0.29) is 0 Å². The molecule has 0 aliphatic rings. The maximum Gasteiger partial charge on any atom is 0.193 e. The van der Waals surface area contributed by atoms with Gasteiger partial charge in [0, 0.05) is 32.0 Å². The first-order chi connectivity index (χ1) is 17.7. The Morgan fingerprint density at radius 3 is 2.76 bits per heavy atom. The Morgan fingerprint density at radius 1 is 1.14 bits per heavy atom. The van der Waals surface area contributed by atoms with Crippen molar-refractivity contribution in [1.29, 1.82) is 0 Å². The van der Waals surface area contributed by atoms with Crippen LogP contribution in [0.15, 0.2) is 48.9 Å². The Bertz CT molecular complexity index is 1590. The lowest BCUT2D eigenvalue weighted by Gasteiger charge is -2.15. The van der Waals surface area contributed by atoms with E-state index in [0.29, 0.717) is 41.0 Å². The largest absolute Gasteiger partial charge is 0.359 e.